The van der Waals surface area contributed by atoms with Gasteiger partial charge in [-0.25, -0.2) is 9.97 Å². The van der Waals surface area contributed by atoms with Gasteiger partial charge in [-0.05, 0) is 51.0 Å². The normalized spacial score (nSPS) is 15.5. The minimum Gasteiger partial charge on any atom is -0.489 e. The van der Waals surface area contributed by atoms with E-state index in [9.17, 15) is 4.79 Å². The molecular weight excluding hydrogens is 428 g/mol. The lowest BCUT2D eigenvalue weighted by Gasteiger charge is -2.25. The molecule has 4 aromatic rings. The first-order chi connectivity index (χ1) is 16.6. The maximum absolute atomic E-state index is 13.5. The van der Waals surface area contributed by atoms with Crippen molar-refractivity contribution in [3.63, 3.8) is 0 Å². The summed E-state index contributed by atoms with van der Waals surface area (Å²) in [5, 5.41) is 3.96. The average Bonchev–Trinajstić information content (AvgIpc) is 3.50. The number of ether oxygens (including phenoxy) is 1. The van der Waals surface area contributed by atoms with Gasteiger partial charge in [0.15, 0.2) is 5.82 Å². The summed E-state index contributed by atoms with van der Waals surface area (Å²) >= 11 is 0. The molecule has 7 heteroatoms. The molecule has 1 fully saturated rings. The number of carbonyl (C=O) groups excluding carboxylic acids is 1. The Bertz CT molecular complexity index is 1280. The van der Waals surface area contributed by atoms with Crippen LogP contribution in [0.4, 0.5) is 0 Å². The molecule has 1 saturated heterocycles. The first-order valence-corrected chi connectivity index (χ1v) is 11.4. The Morgan fingerprint density at radius 2 is 1.97 bits per heavy atom. The van der Waals surface area contributed by atoms with Gasteiger partial charge in [0.25, 0.3) is 5.91 Å². The largest absolute Gasteiger partial charge is 0.489 e. The zero-order valence-corrected chi connectivity index (χ0v) is 19.3. The van der Waals surface area contributed by atoms with Crippen LogP contribution in [-0.2, 0) is 6.61 Å². The van der Waals surface area contributed by atoms with E-state index in [1.54, 1.807) is 12.3 Å². The van der Waals surface area contributed by atoms with Crippen LogP contribution < -0.4 is 4.74 Å². The lowest BCUT2D eigenvalue weighted by molar-refractivity contribution is 0.0732. The van der Waals surface area contributed by atoms with Crippen molar-refractivity contribution in [1.29, 1.82) is 0 Å². The second kappa shape index (κ2) is 9.47. The summed E-state index contributed by atoms with van der Waals surface area (Å²) in [6, 6.07) is 19.0. The smallest absolute Gasteiger partial charge is 0.254 e. The van der Waals surface area contributed by atoms with Crippen LogP contribution in [0.5, 0.6) is 5.75 Å². The second-order valence-corrected chi connectivity index (χ2v) is 8.45. The van der Waals surface area contributed by atoms with Gasteiger partial charge < -0.3 is 14.2 Å². The Labute approximate surface area is 198 Å². The molecule has 1 aliphatic heterocycles. The van der Waals surface area contributed by atoms with Gasteiger partial charge >= 0.3 is 0 Å². The van der Waals surface area contributed by atoms with Crippen molar-refractivity contribution in [3.05, 3.63) is 95.1 Å². The second-order valence-electron chi connectivity index (χ2n) is 8.45. The molecule has 0 N–H and O–H groups in total. The molecule has 172 valence electrons. The SMILES string of the molecule is Cc1noc(C)c1COc1cccc(C(=O)N2CCC[C@@H]2c2ccnc(-c3ccccc3)n2)c1. The average molecular weight is 455 g/mol. The summed E-state index contributed by atoms with van der Waals surface area (Å²) < 4.78 is 11.2. The Kier molecular flexibility index (Phi) is 6.08. The van der Waals surface area contributed by atoms with Gasteiger partial charge in [0, 0.05) is 23.9 Å². The lowest BCUT2D eigenvalue weighted by Crippen LogP contribution is -2.31. The van der Waals surface area contributed by atoms with Gasteiger partial charge in [0.05, 0.1) is 23.0 Å². The molecule has 1 amide bonds. The topological polar surface area (TPSA) is 81.4 Å². The number of carbonyl (C=O) groups is 1. The van der Waals surface area contributed by atoms with Gasteiger partial charge in [-0.2, -0.15) is 0 Å². The highest BCUT2D eigenvalue weighted by Gasteiger charge is 2.32. The zero-order chi connectivity index (χ0) is 23.5. The Balaban J connectivity index is 1.34. The highest BCUT2D eigenvalue weighted by Crippen LogP contribution is 2.33. The Morgan fingerprint density at radius 1 is 1.12 bits per heavy atom. The maximum Gasteiger partial charge on any atom is 0.254 e. The molecule has 0 radical (unpaired) electrons. The highest BCUT2D eigenvalue weighted by molar-refractivity contribution is 5.95. The number of hydrogen-bond acceptors (Lipinski definition) is 6. The van der Waals surface area contributed by atoms with Gasteiger partial charge in [0.1, 0.15) is 18.1 Å². The number of rotatable bonds is 6. The van der Waals surface area contributed by atoms with Gasteiger partial charge in [-0.3, -0.25) is 4.79 Å². The molecule has 3 heterocycles. The number of aryl methyl sites for hydroxylation is 2. The maximum atomic E-state index is 13.5. The van der Waals surface area contributed by atoms with Crippen LogP contribution in [0.3, 0.4) is 0 Å². The summed E-state index contributed by atoms with van der Waals surface area (Å²) in [5.74, 6) is 2.02. The van der Waals surface area contributed by atoms with Crippen LogP contribution >= 0.6 is 0 Å². The first-order valence-electron chi connectivity index (χ1n) is 11.4. The summed E-state index contributed by atoms with van der Waals surface area (Å²) in [5.41, 5.74) is 4.16. The number of nitrogens with zero attached hydrogens (tertiary/aromatic N) is 4. The van der Waals surface area contributed by atoms with Crippen LogP contribution in [0, 0.1) is 13.8 Å². The number of aromatic nitrogens is 3. The lowest BCUT2D eigenvalue weighted by atomic mass is 10.1. The molecule has 0 unspecified atom stereocenters. The van der Waals surface area contributed by atoms with Crippen molar-refractivity contribution in [2.75, 3.05) is 6.54 Å². The molecule has 1 atom stereocenters. The van der Waals surface area contributed by atoms with Crippen molar-refractivity contribution in [2.24, 2.45) is 0 Å². The van der Waals surface area contributed by atoms with E-state index < -0.39 is 0 Å². The number of likely N-dealkylation sites (tertiary alicyclic amines) is 1. The first kappa shape index (κ1) is 21.8. The Morgan fingerprint density at radius 3 is 2.76 bits per heavy atom. The van der Waals surface area contributed by atoms with Gasteiger partial charge in [-0.1, -0.05) is 41.6 Å². The molecular formula is C27H26N4O3. The molecule has 0 saturated carbocycles. The van der Waals surface area contributed by atoms with E-state index in [0.29, 0.717) is 30.3 Å². The van der Waals surface area contributed by atoms with E-state index in [1.165, 1.54) is 0 Å². The summed E-state index contributed by atoms with van der Waals surface area (Å²) in [6.07, 6.45) is 3.58. The highest BCUT2D eigenvalue weighted by atomic mass is 16.5. The fourth-order valence-electron chi connectivity index (χ4n) is 4.35. The molecule has 2 aromatic heterocycles. The summed E-state index contributed by atoms with van der Waals surface area (Å²) in [7, 11) is 0. The van der Waals surface area contributed by atoms with E-state index in [4.69, 9.17) is 14.2 Å². The van der Waals surface area contributed by atoms with Crippen molar-refractivity contribution in [3.8, 4) is 17.1 Å². The summed E-state index contributed by atoms with van der Waals surface area (Å²) in [4.78, 5) is 24.6. The molecule has 0 bridgehead atoms. The molecule has 0 spiro atoms. The molecule has 1 aliphatic rings. The van der Waals surface area contributed by atoms with E-state index >= 15 is 0 Å². The predicted octanol–water partition coefficient (Wildman–Crippen LogP) is 5.30. The van der Waals surface area contributed by atoms with Crippen molar-refractivity contribution in [2.45, 2.75) is 39.3 Å². The number of benzene rings is 2. The number of amides is 1. The fraction of sp³-hybridized carbons (Fsp3) is 0.259. The quantitative estimate of drug-likeness (QED) is 0.393. The summed E-state index contributed by atoms with van der Waals surface area (Å²) in [6.45, 7) is 4.79. The molecule has 2 aromatic carbocycles. The van der Waals surface area contributed by atoms with Crippen LogP contribution in [-0.4, -0.2) is 32.5 Å². The predicted molar refractivity (Wildman–Crippen MR) is 127 cm³/mol. The minimum atomic E-state index is -0.0789. The monoisotopic (exact) mass is 454 g/mol. The zero-order valence-electron chi connectivity index (χ0n) is 19.3. The van der Waals surface area contributed by atoms with Crippen molar-refractivity contribution in [1.82, 2.24) is 20.0 Å². The minimum absolute atomic E-state index is 0.0230. The fourth-order valence-corrected chi connectivity index (χ4v) is 4.35. The third-order valence-corrected chi connectivity index (χ3v) is 6.21. The molecule has 7 nitrogen and oxygen atoms in total. The van der Waals surface area contributed by atoms with E-state index in [1.807, 2.05) is 73.3 Å². The van der Waals surface area contributed by atoms with E-state index in [2.05, 4.69) is 10.1 Å². The van der Waals surface area contributed by atoms with Crippen LogP contribution in [0.25, 0.3) is 11.4 Å². The van der Waals surface area contributed by atoms with Crippen LogP contribution in [0.1, 0.15) is 52.0 Å². The Hall–Kier alpha value is -4.00. The third kappa shape index (κ3) is 4.41. The van der Waals surface area contributed by atoms with Gasteiger partial charge in [-0.15, -0.1) is 0 Å². The standard InChI is InChI=1S/C27H26N4O3/c1-18-23(19(2)34-30-18)17-33-22-11-6-10-21(16-22)27(32)31-15-7-12-25(31)24-13-14-28-26(29-24)20-8-4-3-5-9-20/h3-6,8-11,13-14,16,25H,7,12,15,17H2,1-2H3/t25-/m1/s1. The van der Waals surface area contributed by atoms with Gasteiger partial charge in [0.2, 0.25) is 0 Å². The molecule has 0 aliphatic carbocycles. The van der Waals surface area contributed by atoms with Crippen LogP contribution in [0.2, 0.25) is 0 Å². The van der Waals surface area contributed by atoms with Crippen molar-refractivity contribution < 1.29 is 14.1 Å². The van der Waals surface area contributed by atoms with E-state index in [-0.39, 0.29) is 11.9 Å². The van der Waals surface area contributed by atoms with E-state index in [0.717, 1.165) is 41.1 Å². The number of hydrogen-bond donors (Lipinski definition) is 0. The molecule has 5 rings (SSSR count). The van der Waals surface area contributed by atoms with Crippen molar-refractivity contribution >= 4 is 5.91 Å². The third-order valence-electron chi connectivity index (χ3n) is 6.21. The molecule has 34 heavy (non-hydrogen) atoms. The van der Waals surface area contributed by atoms with Crippen LogP contribution in [0.15, 0.2) is 71.4 Å².